The van der Waals surface area contributed by atoms with Gasteiger partial charge in [0.05, 0.1) is 0 Å². The Morgan fingerprint density at radius 2 is 1.88 bits per heavy atom. The SMILES string of the molecule is CB(C)c1ccc(F)c(OCC(F)(F)F)c1. The summed E-state index contributed by atoms with van der Waals surface area (Å²) in [5.41, 5.74) is 0.735. The average molecular weight is 234 g/mol. The Hall–Kier alpha value is -1.20. The van der Waals surface area contributed by atoms with Crippen molar-refractivity contribution in [1.29, 1.82) is 0 Å². The second-order valence-corrected chi connectivity index (χ2v) is 3.75. The van der Waals surface area contributed by atoms with Crippen LogP contribution in [0.25, 0.3) is 0 Å². The van der Waals surface area contributed by atoms with Crippen molar-refractivity contribution >= 4 is 12.2 Å². The smallest absolute Gasteiger partial charge is 0.422 e. The minimum atomic E-state index is -4.46. The lowest BCUT2D eigenvalue weighted by molar-refractivity contribution is -0.153. The van der Waals surface area contributed by atoms with Crippen molar-refractivity contribution in [2.24, 2.45) is 0 Å². The molecule has 0 aromatic heterocycles. The third kappa shape index (κ3) is 3.75. The fourth-order valence-electron chi connectivity index (χ4n) is 1.15. The first kappa shape index (κ1) is 12.9. The quantitative estimate of drug-likeness (QED) is 0.577. The number of hydrogen-bond acceptors (Lipinski definition) is 1. The fraction of sp³-hybridized carbons (Fsp3) is 0.400. The Morgan fingerprint density at radius 1 is 1.25 bits per heavy atom. The highest BCUT2D eigenvalue weighted by atomic mass is 19.4. The van der Waals surface area contributed by atoms with E-state index in [4.69, 9.17) is 0 Å². The van der Waals surface area contributed by atoms with Crippen LogP contribution in [0.2, 0.25) is 13.6 Å². The van der Waals surface area contributed by atoms with Crippen molar-refractivity contribution in [3.05, 3.63) is 24.0 Å². The summed E-state index contributed by atoms with van der Waals surface area (Å²) in [6, 6.07) is 3.94. The average Bonchev–Trinajstić information content (AvgIpc) is 2.14. The van der Waals surface area contributed by atoms with E-state index in [1.54, 1.807) is 0 Å². The van der Waals surface area contributed by atoms with Crippen LogP contribution >= 0.6 is 0 Å². The lowest BCUT2D eigenvalue weighted by atomic mass is 9.49. The summed E-state index contributed by atoms with van der Waals surface area (Å²) < 4.78 is 53.2. The molecule has 16 heavy (non-hydrogen) atoms. The van der Waals surface area contributed by atoms with Crippen LogP contribution in [0.15, 0.2) is 18.2 Å². The summed E-state index contributed by atoms with van der Waals surface area (Å²) in [6.45, 7) is 2.35. The standard InChI is InChI=1S/C10H11BF4O/c1-11(2)7-3-4-8(12)9(5-7)16-6-10(13,14)15/h3-5H,6H2,1-2H3. The van der Waals surface area contributed by atoms with Crippen LogP contribution in [0.1, 0.15) is 0 Å². The van der Waals surface area contributed by atoms with Crippen LogP contribution in [0.4, 0.5) is 17.6 Å². The summed E-state index contributed by atoms with van der Waals surface area (Å²) in [7, 11) is 0. The summed E-state index contributed by atoms with van der Waals surface area (Å²) >= 11 is 0. The molecule has 0 heterocycles. The minimum Gasteiger partial charge on any atom is -0.481 e. The first-order chi connectivity index (χ1) is 7.29. The molecule has 1 aromatic rings. The molecule has 0 aliphatic carbocycles. The fourth-order valence-corrected chi connectivity index (χ4v) is 1.15. The van der Waals surface area contributed by atoms with Crippen molar-refractivity contribution < 1.29 is 22.3 Å². The number of hydrogen-bond donors (Lipinski definition) is 0. The zero-order valence-corrected chi connectivity index (χ0v) is 8.94. The van der Waals surface area contributed by atoms with Crippen molar-refractivity contribution in [1.82, 2.24) is 0 Å². The van der Waals surface area contributed by atoms with E-state index in [2.05, 4.69) is 4.74 Å². The van der Waals surface area contributed by atoms with Gasteiger partial charge in [0, 0.05) is 0 Å². The zero-order chi connectivity index (χ0) is 12.3. The van der Waals surface area contributed by atoms with Gasteiger partial charge in [-0.2, -0.15) is 13.2 Å². The summed E-state index contributed by atoms with van der Waals surface area (Å²) in [5.74, 6) is -1.14. The molecule has 1 rings (SSSR count). The Balaban J connectivity index is 2.82. The number of rotatable bonds is 3. The Labute approximate surface area is 91.5 Å². The Bertz CT molecular complexity index is 362. The molecular formula is C10H11BF4O. The maximum absolute atomic E-state index is 13.1. The maximum Gasteiger partial charge on any atom is 0.422 e. The lowest BCUT2D eigenvalue weighted by Gasteiger charge is -2.11. The molecule has 1 nitrogen and oxygen atoms in total. The van der Waals surface area contributed by atoms with E-state index in [9.17, 15) is 17.6 Å². The van der Waals surface area contributed by atoms with E-state index in [1.165, 1.54) is 12.1 Å². The van der Waals surface area contributed by atoms with Crippen molar-refractivity contribution in [2.75, 3.05) is 6.61 Å². The number of benzene rings is 1. The maximum atomic E-state index is 13.1. The van der Waals surface area contributed by atoms with E-state index in [-0.39, 0.29) is 12.5 Å². The molecule has 0 atom stereocenters. The first-order valence-electron chi connectivity index (χ1n) is 4.78. The molecule has 0 spiro atoms. The molecule has 6 heteroatoms. The van der Waals surface area contributed by atoms with E-state index >= 15 is 0 Å². The highest BCUT2D eigenvalue weighted by Gasteiger charge is 2.29. The predicted molar refractivity (Wildman–Crippen MR) is 55.1 cm³/mol. The van der Waals surface area contributed by atoms with Gasteiger partial charge in [0.15, 0.2) is 24.9 Å². The van der Waals surface area contributed by atoms with Crippen LogP contribution < -0.4 is 10.2 Å². The van der Waals surface area contributed by atoms with Gasteiger partial charge in [-0.05, 0) is 12.1 Å². The van der Waals surface area contributed by atoms with Gasteiger partial charge >= 0.3 is 6.18 Å². The molecule has 0 radical (unpaired) electrons. The van der Waals surface area contributed by atoms with Gasteiger partial charge in [0.2, 0.25) is 0 Å². The molecule has 0 aliphatic heterocycles. The third-order valence-corrected chi connectivity index (χ3v) is 2.01. The van der Waals surface area contributed by atoms with Crippen LogP contribution in [0.3, 0.4) is 0 Å². The van der Waals surface area contributed by atoms with Gasteiger partial charge in [-0.15, -0.1) is 0 Å². The topological polar surface area (TPSA) is 9.23 Å². The summed E-state index contributed by atoms with van der Waals surface area (Å²) in [6.07, 6.45) is -4.46. The van der Waals surface area contributed by atoms with Crippen molar-refractivity contribution in [3.63, 3.8) is 0 Å². The number of alkyl halides is 3. The van der Waals surface area contributed by atoms with E-state index < -0.39 is 18.6 Å². The summed E-state index contributed by atoms with van der Waals surface area (Å²) in [5, 5.41) is 0. The van der Waals surface area contributed by atoms with Gasteiger partial charge < -0.3 is 4.74 Å². The molecule has 0 aliphatic rings. The molecule has 0 amide bonds. The zero-order valence-electron chi connectivity index (χ0n) is 8.94. The van der Waals surface area contributed by atoms with Crippen molar-refractivity contribution in [3.8, 4) is 5.75 Å². The van der Waals surface area contributed by atoms with E-state index in [1.807, 2.05) is 13.6 Å². The van der Waals surface area contributed by atoms with Crippen LogP contribution in [0.5, 0.6) is 5.75 Å². The van der Waals surface area contributed by atoms with Gasteiger partial charge in [0.25, 0.3) is 0 Å². The van der Waals surface area contributed by atoms with Gasteiger partial charge in [-0.25, -0.2) is 4.39 Å². The van der Waals surface area contributed by atoms with Crippen LogP contribution in [-0.2, 0) is 0 Å². The molecular weight excluding hydrogens is 223 g/mol. The number of ether oxygens (including phenoxy) is 1. The molecule has 0 N–H and O–H groups in total. The Morgan fingerprint density at radius 3 is 2.38 bits per heavy atom. The highest BCUT2D eigenvalue weighted by molar-refractivity contribution is 6.70. The first-order valence-corrected chi connectivity index (χ1v) is 4.78. The largest absolute Gasteiger partial charge is 0.481 e. The molecule has 0 bridgehead atoms. The van der Waals surface area contributed by atoms with Crippen LogP contribution in [-0.4, -0.2) is 19.5 Å². The molecule has 0 saturated carbocycles. The molecule has 0 unspecified atom stereocenters. The molecule has 0 saturated heterocycles. The van der Waals surface area contributed by atoms with Gasteiger partial charge in [0.1, 0.15) is 0 Å². The Kier molecular flexibility index (Phi) is 3.83. The predicted octanol–water partition coefficient (Wildman–Crippen LogP) is 2.73. The van der Waals surface area contributed by atoms with Gasteiger partial charge in [-0.1, -0.05) is 25.2 Å². The van der Waals surface area contributed by atoms with Crippen LogP contribution in [0, 0.1) is 5.82 Å². The lowest BCUT2D eigenvalue weighted by Crippen LogP contribution is -2.24. The molecule has 0 fully saturated rings. The molecule has 1 aromatic carbocycles. The third-order valence-electron chi connectivity index (χ3n) is 2.01. The number of halogens is 4. The molecule has 88 valence electrons. The normalized spacial score (nSPS) is 11.4. The second kappa shape index (κ2) is 4.76. The minimum absolute atomic E-state index is 0.105. The van der Waals surface area contributed by atoms with Gasteiger partial charge in [-0.3, -0.25) is 0 Å². The van der Waals surface area contributed by atoms with E-state index in [0.29, 0.717) is 0 Å². The highest BCUT2D eigenvalue weighted by Crippen LogP contribution is 2.20. The second-order valence-electron chi connectivity index (χ2n) is 3.75. The summed E-state index contributed by atoms with van der Waals surface area (Å²) in [4.78, 5) is 0. The van der Waals surface area contributed by atoms with E-state index in [0.717, 1.165) is 11.5 Å². The monoisotopic (exact) mass is 234 g/mol. The van der Waals surface area contributed by atoms with Crippen molar-refractivity contribution in [2.45, 2.75) is 19.8 Å².